The molecule has 0 aliphatic heterocycles. The maximum Gasteiger partial charge on any atom is 0.499 e. The maximum atomic E-state index is 12.6. The van der Waals surface area contributed by atoms with Crippen LogP contribution in [0.25, 0.3) is 0 Å². The molecule has 0 bridgehead atoms. The van der Waals surface area contributed by atoms with Gasteiger partial charge in [-0.3, -0.25) is 0 Å². The van der Waals surface area contributed by atoms with Crippen LogP contribution in [0.15, 0.2) is 18.2 Å². The van der Waals surface area contributed by atoms with Gasteiger partial charge in [-0.25, -0.2) is 4.39 Å². The van der Waals surface area contributed by atoms with Crippen molar-refractivity contribution in [2.24, 2.45) is 0 Å². The van der Waals surface area contributed by atoms with E-state index >= 15 is 0 Å². The van der Waals surface area contributed by atoms with E-state index in [0.29, 0.717) is 12.1 Å². The van der Waals surface area contributed by atoms with Gasteiger partial charge < -0.3 is 4.74 Å². The molecule has 0 aromatic heterocycles. The third kappa shape index (κ3) is 2.94. The van der Waals surface area contributed by atoms with Gasteiger partial charge in [0.25, 0.3) is 0 Å². The van der Waals surface area contributed by atoms with Gasteiger partial charge in [-0.05, 0) is 12.1 Å². The lowest BCUT2D eigenvalue weighted by molar-refractivity contribution is -0.360. The molecular weight excluding hydrogens is 262 g/mol. The fourth-order valence-electron chi connectivity index (χ4n) is 0.793. The quantitative estimate of drug-likeness (QED) is 0.733. The number of alkyl halides is 5. The van der Waals surface area contributed by atoms with Gasteiger partial charge in [0, 0.05) is 11.1 Å². The molecule has 1 nitrogen and oxygen atoms in total. The summed E-state index contributed by atoms with van der Waals surface area (Å²) in [5.74, 6) is -2.09. The number of ether oxygens (including phenoxy) is 1. The second-order valence-electron chi connectivity index (χ2n) is 2.72. The van der Waals surface area contributed by atoms with E-state index < -0.39 is 23.9 Å². The molecule has 0 unspecified atom stereocenters. The molecule has 0 atom stereocenters. The Morgan fingerprint density at radius 2 is 1.56 bits per heavy atom. The van der Waals surface area contributed by atoms with Crippen molar-refractivity contribution in [3.05, 3.63) is 29.0 Å². The van der Waals surface area contributed by atoms with E-state index in [4.69, 9.17) is 11.6 Å². The highest BCUT2D eigenvalue weighted by Crippen LogP contribution is 2.37. The Bertz CT molecular complexity index is 368. The van der Waals surface area contributed by atoms with Gasteiger partial charge in [-0.2, -0.15) is 22.0 Å². The Hall–Kier alpha value is -1.11. The van der Waals surface area contributed by atoms with Gasteiger partial charge in [-0.15, -0.1) is 0 Å². The minimum Gasteiger partial charge on any atom is -0.426 e. The summed E-state index contributed by atoms with van der Waals surface area (Å²) < 4.78 is 75.8. The third-order valence-corrected chi connectivity index (χ3v) is 1.63. The highest BCUT2D eigenvalue weighted by molar-refractivity contribution is 6.30. The van der Waals surface area contributed by atoms with E-state index in [2.05, 4.69) is 4.74 Å². The van der Waals surface area contributed by atoms with E-state index in [-0.39, 0.29) is 5.02 Å². The number of rotatable bonds is 2. The first-order valence-electron chi connectivity index (χ1n) is 3.71. The van der Waals surface area contributed by atoms with Crippen molar-refractivity contribution >= 4 is 11.6 Å². The van der Waals surface area contributed by atoms with Crippen molar-refractivity contribution in [1.82, 2.24) is 0 Å². The van der Waals surface area contributed by atoms with Crippen LogP contribution in [0, 0.1) is 5.82 Å². The van der Waals surface area contributed by atoms with Gasteiger partial charge in [0.05, 0.1) is 0 Å². The summed E-state index contributed by atoms with van der Waals surface area (Å²) in [6, 6.07) is 1.75. The molecule has 0 fully saturated rings. The Balaban J connectivity index is 2.96. The van der Waals surface area contributed by atoms with E-state index in [0.717, 1.165) is 6.07 Å². The van der Waals surface area contributed by atoms with Crippen molar-refractivity contribution < 1.29 is 31.1 Å². The zero-order chi connectivity index (χ0) is 12.6. The lowest BCUT2D eigenvalue weighted by atomic mass is 10.3. The molecule has 1 aromatic rings. The standard InChI is InChI=1S/C8H3ClF6O/c9-4-1-5(10)3-6(2-4)16-8(14,15)7(11,12)13/h1-3H. The molecule has 8 heteroatoms. The summed E-state index contributed by atoms with van der Waals surface area (Å²) in [6.07, 6.45) is -11.3. The maximum absolute atomic E-state index is 12.6. The van der Waals surface area contributed by atoms with Crippen LogP contribution in [0.5, 0.6) is 5.75 Å². The fraction of sp³-hybridized carbons (Fsp3) is 0.250. The number of hydrogen-bond acceptors (Lipinski definition) is 1. The normalized spacial score (nSPS) is 12.7. The third-order valence-electron chi connectivity index (χ3n) is 1.41. The van der Waals surface area contributed by atoms with Crippen LogP contribution in [0.4, 0.5) is 26.3 Å². The van der Waals surface area contributed by atoms with Crippen LogP contribution in [-0.4, -0.2) is 12.3 Å². The summed E-state index contributed by atoms with van der Waals surface area (Å²) in [6.45, 7) is 0. The second kappa shape index (κ2) is 4.04. The highest BCUT2D eigenvalue weighted by atomic mass is 35.5. The largest absolute Gasteiger partial charge is 0.499 e. The average molecular weight is 265 g/mol. The summed E-state index contributed by atoms with van der Waals surface area (Å²) in [5, 5.41) is -0.354. The van der Waals surface area contributed by atoms with Crippen molar-refractivity contribution in [2.45, 2.75) is 12.3 Å². The highest BCUT2D eigenvalue weighted by Gasteiger charge is 2.61. The molecule has 90 valence electrons. The Morgan fingerprint density at radius 1 is 1.00 bits per heavy atom. The first kappa shape index (κ1) is 13.0. The topological polar surface area (TPSA) is 9.23 Å². The van der Waals surface area contributed by atoms with Crippen LogP contribution >= 0.6 is 11.6 Å². The molecular formula is C8H3ClF6O. The number of benzene rings is 1. The molecule has 16 heavy (non-hydrogen) atoms. The van der Waals surface area contributed by atoms with Gasteiger partial charge in [-0.1, -0.05) is 11.6 Å². The predicted molar refractivity (Wildman–Crippen MR) is 43.0 cm³/mol. The molecule has 0 spiro atoms. The van der Waals surface area contributed by atoms with Crippen LogP contribution in [-0.2, 0) is 0 Å². The van der Waals surface area contributed by atoms with Crippen molar-refractivity contribution in [2.75, 3.05) is 0 Å². The minimum atomic E-state index is -5.88. The first-order chi connectivity index (χ1) is 7.12. The molecule has 0 aliphatic carbocycles. The van der Waals surface area contributed by atoms with Crippen molar-refractivity contribution in [3.63, 3.8) is 0 Å². The molecule has 0 heterocycles. The SMILES string of the molecule is Fc1cc(Cl)cc(OC(F)(F)C(F)(F)F)c1. The van der Waals surface area contributed by atoms with Crippen LogP contribution in [0.1, 0.15) is 0 Å². The number of hydrogen-bond donors (Lipinski definition) is 0. The van der Waals surface area contributed by atoms with Crippen LogP contribution in [0.3, 0.4) is 0 Å². The van der Waals surface area contributed by atoms with E-state index in [1.807, 2.05) is 0 Å². The molecule has 0 saturated carbocycles. The zero-order valence-electron chi connectivity index (χ0n) is 7.29. The van der Waals surface area contributed by atoms with E-state index in [1.165, 1.54) is 0 Å². The first-order valence-corrected chi connectivity index (χ1v) is 4.09. The predicted octanol–water partition coefficient (Wildman–Crippen LogP) is 4.01. The molecule has 0 radical (unpaired) electrons. The van der Waals surface area contributed by atoms with Crippen molar-refractivity contribution in [1.29, 1.82) is 0 Å². The second-order valence-corrected chi connectivity index (χ2v) is 3.16. The number of halogens is 7. The molecule has 0 saturated heterocycles. The average Bonchev–Trinajstić information content (AvgIpc) is 1.97. The van der Waals surface area contributed by atoms with Gasteiger partial charge in [0.15, 0.2) is 0 Å². The molecule has 1 rings (SSSR count). The Labute approximate surface area is 90.6 Å². The van der Waals surface area contributed by atoms with E-state index in [1.54, 1.807) is 0 Å². The Morgan fingerprint density at radius 3 is 2.00 bits per heavy atom. The summed E-state index contributed by atoms with van der Waals surface area (Å²) >= 11 is 5.25. The monoisotopic (exact) mass is 264 g/mol. The van der Waals surface area contributed by atoms with Crippen LogP contribution in [0.2, 0.25) is 5.02 Å². The summed E-state index contributed by atoms with van der Waals surface area (Å²) in [4.78, 5) is 0. The molecule has 0 aliphatic rings. The molecule has 0 amide bonds. The van der Waals surface area contributed by atoms with E-state index in [9.17, 15) is 26.3 Å². The molecule has 0 N–H and O–H groups in total. The lowest BCUT2D eigenvalue weighted by Gasteiger charge is -2.20. The van der Waals surface area contributed by atoms with Gasteiger partial charge in [0.1, 0.15) is 11.6 Å². The van der Waals surface area contributed by atoms with Crippen molar-refractivity contribution in [3.8, 4) is 5.75 Å². The minimum absolute atomic E-state index is 0.354. The lowest BCUT2D eigenvalue weighted by Crippen LogP contribution is -2.41. The van der Waals surface area contributed by atoms with Crippen LogP contribution < -0.4 is 4.74 Å². The fourth-order valence-corrected chi connectivity index (χ4v) is 1.01. The smallest absolute Gasteiger partial charge is 0.426 e. The zero-order valence-corrected chi connectivity index (χ0v) is 8.04. The summed E-state index contributed by atoms with van der Waals surface area (Å²) in [7, 11) is 0. The van der Waals surface area contributed by atoms with Gasteiger partial charge >= 0.3 is 12.3 Å². The molecule has 1 aromatic carbocycles. The Kier molecular flexibility index (Phi) is 3.27. The summed E-state index contributed by atoms with van der Waals surface area (Å²) in [5.41, 5.74) is 0. The van der Waals surface area contributed by atoms with Gasteiger partial charge in [0.2, 0.25) is 0 Å².